The lowest BCUT2D eigenvalue weighted by molar-refractivity contribution is -0.148. The standard InChI is InChI=1S/C14H16O2.C10H21FN2O3/c1-4-5-13(10-11(2)15)12-6-8-14(16-3)9-7-12;1-4-5-6-12-10(3,8(14)13-16)9(2,15)7-11/h4-10H,1-3H3;12,15-16H,4-7H2,1-3H3,(H,13,14)/b5-4-,13-10+;. The van der Waals surface area contributed by atoms with Crippen LogP contribution in [0.25, 0.3) is 5.57 Å². The summed E-state index contributed by atoms with van der Waals surface area (Å²) in [5.41, 5.74) is -0.0775. The Morgan fingerprint density at radius 1 is 1.22 bits per heavy atom. The maximum absolute atomic E-state index is 12.7. The number of carbonyl (C=O) groups excluding carboxylic acids is 2. The van der Waals surface area contributed by atoms with Crippen LogP contribution in [-0.4, -0.2) is 53.5 Å². The molecule has 0 bridgehead atoms. The number of alkyl halides is 1. The van der Waals surface area contributed by atoms with Crippen molar-refractivity contribution in [2.24, 2.45) is 0 Å². The van der Waals surface area contributed by atoms with E-state index in [0.29, 0.717) is 6.54 Å². The van der Waals surface area contributed by atoms with Crippen LogP contribution in [0, 0.1) is 0 Å². The largest absolute Gasteiger partial charge is 0.497 e. The van der Waals surface area contributed by atoms with Gasteiger partial charge in [-0.2, -0.15) is 0 Å². The first kappa shape index (κ1) is 29.5. The van der Waals surface area contributed by atoms with Crippen molar-refractivity contribution in [3.05, 3.63) is 48.1 Å². The van der Waals surface area contributed by atoms with Crippen LogP contribution < -0.4 is 15.5 Å². The van der Waals surface area contributed by atoms with Gasteiger partial charge in [0, 0.05) is 0 Å². The molecule has 4 N–H and O–H groups in total. The summed E-state index contributed by atoms with van der Waals surface area (Å²) in [4.78, 5) is 22.6. The number of hydroxylamine groups is 1. The molecular formula is C24H37FN2O5. The maximum atomic E-state index is 12.7. The van der Waals surface area contributed by atoms with E-state index >= 15 is 0 Å². The SMILES string of the molecule is C/C=C\C(=C/C(C)=O)c1ccc(OC)cc1.CCCCNC(C)(C(=O)NO)C(C)(O)CF. The topological polar surface area (TPSA) is 108 Å². The van der Waals surface area contributed by atoms with Crippen molar-refractivity contribution < 1.29 is 29.0 Å². The first-order valence-electron chi connectivity index (χ1n) is 10.5. The molecule has 0 aliphatic rings. The Balaban J connectivity index is 0.000000601. The van der Waals surface area contributed by atoms with Gasteiger partial charge in [0.15, 0.2) is 5.78 Å². The van der Waals surface area contributed by atoms with E-state index in [2.05, 4.69) is 5.32 Å². The quantitative estimate of drug-likeness (QED) is 0.134. The van der Waals surface area contributed by atoms with E-state index in [9.17, 15) is 19.1 Å². The molecule has 180 valence electrons. The van der Waals surface area contributed by atoms with E-state index in [4.69, 9.17) is 9.94 Å². The smallest absolute Gasteiger partial charge is 0.266 e. The van der Waals surface area contributed by atoms with Gasteiger partial charge < -0.3 is 15.2 Å². The Hall–Kier alpha value is -2.55. The Labute approximate surface area is 190 Å². The molecule has 7 nitrogen and oxygen atoms in total. The third-order valence-electron chi connectivity index (χ3n) is 5.03. The summed E-state index contributed by atoms with van der Waals surface area (Å²) in [5.74, 6) is 0.00146. The summed E-state index contributed by atoms with van der Waals surface area (Å²) < 4.78 is 17.8. The minimum Gasteiger partial charge on any atom is -0.497 e. The van der Waals surface area contributed by atoms with Crippen LogP contribution in [0.1, 0.15) is 53.0 Å². The van der Waals surface area contributed by atoms with Crippen molar-refractivity contribution in [3.63, 3.8) is 0 Å². The lowest BCUT2D eigenvalue weighted by Gasteiger charge is -2.39. The minimum atomic E-state index is -1.88. The van der Waals surface area contributed by atoms with Gasteiger partial charge in [-0.3, -0.25) is 14.8 Å². The zero-order valence-electron chi connectivity index (χ0n) is 19.9. The summed E-state index contributed by atoms with van der Waals surface area (Å²) in [6.07, 6.45) is 7.16. The number of hydrogen-bond donors (Lipinski definition) is 4. The second-order valence-electron chi connectivity index (χ2n) is 7.69. The van der Waals surface area contributed by atoms with Crippen molar-refractivity contribution in [3.8, 4) is 5.75 Å². The molecule has 0 radical (unpaired) electrons. The van der Waals surface area contributed by atoms with Crippen LogP contribution in [0.2, 0.25) is 0 Å². The molecule has 2 atom stereocenters. The van der Waals surface area contributed by atoms with Crippen molar-refractivity contribution in [2.75, 3.05) is 20.3 Å². The normalized spacial score (nSPS) is 15.2. The molecule has 0 fully saturated rings. The van der Waals surface area contributed by atoms with Crippen LogP contribution in [0.3, 0.4) is 0 Å². The van der Waals surface area contributed by atoms with Crippen molar-refractivity contribution in [2.45, 2.75) is 58.6 Å². The first-order chi connectivity index (χ1) is 15.0. The third kappa shape index (κ3) is 8.90. The Morgan fingerprint density at radius 3 is 2.22 bits per heavy atom. The Kier molecular flexibility index (Phi) is 13.3. The predicted octanol–water partition coefficient (Wildman–Crippen LogP) is 3.60. The molecule has 0 heterocycles. The van der Waals surface area contributed by atoms with E-state index in [-0.39, 0.29) is 5.78 Å². The number of nitrogens with one attached hydrogen (secondary N) is 2. The number of aliphatic hydroxyl groups is 1. The van der Waals surface area contributed by atoms with E-state index in [0.717, 1.165) is 29.7 Å². The number of benzene rings is 1. The van der Waals surface area contributed by atoms with E-state index in [1.807, 2.05) is 50.3 Å². The molecule has 1 rings (SSSR count). The highest BCUT2D eigenvalue weighted by Crippen LogP contribution is 2.23. The number of unbranched alkanes of at least 4 members (excludes halogenated alkanes) is 1. The summed E-state index contributed by atoms with van der Waals surface area (Å²) >= 11 is 0. The molecule has 0 spiro atoms. The second kappa shape index (κ2) is 14.5. The van der Waals surface area contributed by atoms with Crippen LogP contribution in [0.4, 0.5) is 4.39 Å². The van der Waals surface area contributed by atoms with Gasteiger partial charge in [0.05, 0.1) is 7.11 Å². The number of rotatable bonds is 11. The van der Waals surface area contributed by atoms with Gasteiger partial charge in [-0.1, -0.05) is 37.6 Å². The Morgan fingerprint density at radius 2 is 1.81 bits per heavy atom. The summed E-state index contributed by atoms with van der Waals surface area (Å²) in [7, 11) is 1.63. The van der Waals surface area contributed by atoms with E-state index in [1.165, 1.54) is 19.3 Å². The summed E-state index contributed by atoms with van der Waals surface area (Å²) in [6, 6.07) is 7.64. The van der Waals surface area contributed by atoms with Crippen molar-refractivity contribution >= 4 is 17.3 Å². The number of methoxy groups -OCH3 is 1. The molecule has 2 unspecified atom stereocenters. The molecule has 0 aliphatic carbocycles. The molecule has 0 saturated heterocycles. The average molecular weight is 453 g/mol. The van der Waals surface area contributed by atoms with Gasteiger partial charge in [-0.15, -0.1) is 0 Å². The van der Waals surface area contributed by atoms with Crippen LogP contribution in [0.15, 0.2) is 42.5 Å². The highest BCUT2D eigenvalue weighted by atomic mass is 19.1. The minimum absolute atomic E-state index is 0.0453. The zero-order valence-corrected chi connectivity index (χ0v) is 19.9. The first-order valence-corrected chi connectivity index (χ1v) is 10.5. The van der Waals surface area contributed by atoms with Gasteiger partial charge in [0.25, 0.3) is 5.91 Å². The summed E-state index contributed by atoms with van der Waals surface area (Å²) in [6.45, 7) is 7.38. The molecule has 1 aromatic carbocycles. The summed E-state index contributed by atoms with van der Waals surface area (Å²) in [5, 5.41) is 21.2. The number of ketones is 1. The fraction of sp³-hybridized carbons (Fsp3) is 0.500. The Bertz CT molecular complexity index is 775. The number of allylic oxidation sites excluding steroid dienone is 4. The average Bonchev–Trinajstić information content (AvgIpc) is 2.78. The number of halogens is 1. The van der Waals surface area contributed by atoms with Gasteiger partial charge in [0.2, 0.25) is 0 Å². The van der Waals surface area contributed by atoms with E-state index < -0.39 is 23.7 Å². The number of amides is 1. The zero-order chi connectivity index (χ0) is 24.8. The molecule has 8 heteroatoms. The maximum Gasteiger partial charge on any atom is 0.266 e. The number of carbonyl (C=O) groups is 2. The van der Waals surface area contributed by atoms with Crippen molar-refractivity contribution in [1.29, 1.82) is 0 Å². The third-order valence-corrected chi connectivity index (χ3v) is 5.03. The van der Waals surface area contributed by atoms with Gasteiger partial charge in [-0.05, 0) is 70.0 Å². The molecule has 32 heavy (non-hydrogen) atoms. The van der Waals surface area contributed by atoms with Crippen LogP contribution in [0.5, 0.6) is 5.75 Å². The van der Waals surface area contributed by atoms with Crippen LogP contribution >= 0.6 is 0 Å². The van der Waals surface area contributed by atoms with Gasteiger partial charge >= 0.3 is 0 Å². The number of ether oxygens (including phenoxy) is 1. The highest BCUT2D eigenvalue weighted by Gasteiger charge is 2.49. The monoisotopic (exact) mass is 452 g/mol. The highest BCUT2D eigenvalue weighted by molar-refractivity contribution is 5.97. The predicted molar refractivity (Wildman–Crippen MR) is 124 cm³/mol. The molecular weight excluding hydrogens is 415 g/mol. The molecule has 0 aliphatic heterocycles. The molecule has 0 saturated carbocycles. The lowest BCUT2D eigenvalue weighted by atomic mass is 9.82. The molecule has 0 aromatic heterocycles. The lowest BCUT2D eigenvalue weighted by Crippen LogP contribution is -2.68. The number of hydrogen-bond acceptors (Lipinski definition) is 6. The van der Waals surface area contributed by atoms with Crippen LogP contribution in [-0.2, 0) is 9.59 Å². The fourth-order valence-electron chi connectivity index (χ4n) is 2.69. The molecule has 1 aromatic rings. The van der Waals surface area contributed by atoms with Crippen molar-refractivity contribution in [1.82, 2.24) is 10.8 Å². The fourth-order valence-corrected chi connectivity index (χ4v) is 2.69. The van der Waals surface area contributed by atoms with Gasteiger partial charge in [-0.25, -0.2) is 9.87 Å². The second-order valence-corrected chi connectivity index (χ2v) is 7.69. The molecule has 1 amide bonds. The van der Waals surface area contributed by atoms with Gasteiger partial charge in [0.1, 0.15) is 23.6 Å². The van der Waals surface area contributed by atoms with E-state index in [1.54, 1.807) is 20.1 Å².